The first-order valence-corrected chi connectivity index (χ1v) is 10.0. The number of amides is 2. The predicted octanol–water partition coefficient (Wildman–Crippen LogP) is 4.19. The number of carbonyl (C=O) groups excluding carboxylic acids is 2. The van der Waals surface area contributed by atoms with Gasteiger partial charge in [-0.15, -0.1) is 0 Å². The van der Waals surface area contributed by atoms with Crippen molar-refractivity contribution in [3.63, 3.8) is 0 Å². The van der Waals surface area contributed by atoms with Gasteiger partial charge < -0.3 is 15.0 Å². The highest BCUT2D eigenvalue weighted by Crippen LogP contribution is 2.21. The number of hydrogen-bond donors (Lipinski definition) is 1. The van der Waals surface area contributed by atoms with Crippen molar-refractivity contribution in [2.24, 2.45) is 0 Å². The molecule has 5 nitrogen and oxygen atoms in total. The second-order valence-corrected chi connectivity index (χ2v) is 6.95. The largest absolute Gasteiger partial charge is 0.481 e. The monoisotopic (exact) mass is 420 g/mol. The molecule has 0 saturated carbocycles. The molecule has 2 aromatic rings. The number of para-hydroxylation sites is 1. The van der Waals surface area contributed by atoms with E-state index in [1.807, 2.05) is 19.9 Å². The summed E-state index contributed by atoms with van der Waals surface area (Å²) in [5.41, 5.74) is 0.718. The highest BCUT2D eigenvalue weighted by atomic mass is 35.5. The highest BCUT2D eigenvalue weighted by Gasteiger charge is 2.29. The molecule has 0 spiro atoms. The van der Waals surface area contributed by atoms with Crippen LogP contribution in [0.15, 0.2) is 48.5 Å². The van der Waals surface area contributed by atoms with Crippen LogP contribution in [0, 0.1) is 5.82 Å². The van der Waals surface area contributed by atoms with E-state index in [1.165, 1.54) is 17.0 Å². The van der Waals surface area contributed by atoms with Crippen molar-refractivity contribution in [3.05, 3.63) is 64.9 Å². The van der Waals surface area contributed by atoms with Gasteiger partial charge in [-0.25, -0.2) is 4.39 Å². The summed E-state index contributed by atoms with van der Waals surface area (Å²) in [4.78, 5) is 27.1. The Labute approximate surface area is 175 Å². The minimum absolute atomic E-state index is 0.0120. The smallest absolute Gasteiger partial charge is 0.261 e. The maximum Gasteiger partial charge on any atom is 0.261 e. The van der Waals surface area contributed by atoms with E-state index in [9.17, 15) is 14.0 Å². The van der Waals surface area contributed by atoms with Crippen LogP contribution in [0.1, 0.15) is 32.3 Å². The number of ether oxygens (including phenoxy) is 1. The topological polar surface area (TPSA) is 58.6 Å². The lowest BCUT2D eigenvalue weighted by Gasteiger charge is -2.30. The molecule has 0 unspecified atom stereocenters. The van der Waals surface area contributed by atoms with Gasteiger partial charge in [0.05, 0.1) is 0 Å². The Morgan fingerprint density at radius 2 is 1.83 bits per heavy atom. The van der Waals surface area contributed by atoms with E-state index in [2.05, 4.69) is 5.32 Å². The summed E-state index contributed by atoms with van der Waals surface area (Å²) in [6.07, 6.45) is 1.21. The van der Waals surface area contributed by atoms with Crippen LogP contribution in [0.2, 0.25) is 5.02 Å². The van der Waals surface area contributed by atoms with Crippen LogP contribution in [-0.4, -0.2) is 35.9 Å². The van der Waals surface area contributed by atoms with Gasteiger partial charge in [0.25, 0.3) is 5.91 Å². The number of nitrogens with one attached hydrogen (secondary N) is 1. The number of benzene rings is 2. The molecule has 29 heavy (non-hydrogen) atoms. The fourth-order valence-electron chi connectivity index (χ4n) is 2.88. The van der Waals surface area contributed by atoms with Crippen molar-refractivity contribution in [1.29, 1.82) is 0 Å². The lowest BCUT2D eigenvalue weighted by Crippen LogP contribution is -2.50. The summed E-state index contributed by atoms with van der Waals surface area (Å²) in [6, 6.07) is 12.3. The Morgan fingerprint density at radius 3 is 2.48 bits per heavy atom. The molecule has 0 bridgehead atoms. The van der Waals surface area contributed by atoms with E-state index < -0.39 is 17.8 Å². The van der Waals surface area contributed by atoms with E-state index in [1.54, 1.807) is 30.3 Å². The number of rotatable bonds is 10. The zero-order valence-corrected chi connectivity index (χ0v) is 17.4. The van der Waals surface area contributed by atoms with Crippen molar-refractivity contribution in [1.82, 2.24) is 10.2 Å². The molecule has 0 fully saturated rings. The lowest BCUT2D eigenvalue weighted by molar-refractivity contribution is -0.143. The van der Waals surface area contributed by atoms with E-state index in [4.69, 9.17) is 16.3 Å². The number of carbonyl (C=O) groups is 2. The molecule has 7 heteroatoms. The average molecular weight is 421 g/mol. The molecule has 0 heterocycles. The number of halogens is 2. The molecule has 0 saturated heterocycles. The number of hydrogen-bond acceptors (Lipinski definition) is 3. The summed E-state index contributed by atoms with van der Waals surface area (Å²) >= 11 is 6.26. The minimum Gasteiger partial charge on any atom is -0.481 e. The molecular formula is C22H26ClFN2O3. The van der Waals surface area contributed by atoms with E-state index in [0.717, 1.165) is 12.0 Å². The molecule has 0 aliphatic carbocycles. The van der Waals surface area contributed by atoms with Gasteiger partial charge in [0.1, 0.15) is 6.04 Å². The first-order chi connectivity index (χ1) is 14.0. The van der Waals surface area contributed by atoms with Gasteiger partial charge in [0.2, 0.25) is 5.91 Å². The molecule has 2 rings (SSSR count). The standard InChI is InChI=1S/C22H26ClFN2O3/c1-3-13-25-22(28)19(4-2)26(14-16-9-5-6-10-17(16)23)21(27)15-29-20-12-8-7-11-18(20)24/h5-12,19H,3-4,13-15H2,1-2H3,(H,25,28)/t19-/m0/s1. The average Bonchev–Trinajstić information content (AvgIpc) is 2.72. The van der Waals surface area contributed by atoms with E-state index in [0.29, 0.717) is 18.0 Å². The second kappa shape index (κ2) is 11.4. The van der Waals surface area contributed by atoms with E-state index >= 15 is 0 Å². The molecule has 1 N–H and O–H groups in total. The maximum absolute atomic E-state index is 13.8. The highest BCUT2D eigenvalue weighted by molar-refractivity contribution is 6.31. The zero-order chi connectivity index (χ0) is 21.2. The Bertz CT molecular complexity index is 831. The zero-order valence-electron chi connectivity index (χ0n) is 16.7. The molecule has 0 aliphatic heterocycles. The summed E-state index contributed by atoms with van der Waals surface area (Å²) in [5, 5.41) is 3.34. The SMILES string of the molecule is CCCNC(=O)[C@H](CC)N(Cc1ccccc1Cl)C(=O)COc1ccccc1F. The predicted molar refractivity (Wildman–Crippen MR) is 111 cm³/mol. The van der Waals surface area contributed by atoms with Crippen LogP contribution >= 0.6 is 11.6 Å². The fraction of sp³-hybridized carbons (Fsp3) is 0.364. The van der Waals surface area contributed by atoms with Gasteiger partial charge in [-0.1, -0.05) is 55.8 Å². The van der Waals surface area contributed by atoms with Crippen molar-refractivity contribution in [3.8, 4) is 5.75 Å². The second-order valence-electron chi connectivity index (χ2n) is 6.55. The maximum atomic E-state index is 13.8. The lowest BCUT2D eigenvalue weighted by atomic mass is 10.1. The molecule has 156 valence electrons. The fourth-order valence-corrected chi connectivity index (χ4v) is 3.08. The Morgan fingerprint density at radius 1 is 1.14 bits per heavy atom. The van der Waals surface area contributed by atoms with Crippen LogP contribution in [0.5, 0.6) is 5.75 Å². The Hall–Kier alpha value is -2.60. The van der Waals surface area contributed by atoms with Gasteiger partial charge in [0.15, 0.2) is 18.2 Å². The molecule has 0 radical (unpaired) electrons. The van der Waals surface area contributed by atoms with Crippen molar-refractivity contribution in [2.45, 2.75) is 39.3 Å². The quantitative estimate of drug-likeness (QED) is 0.627. The van der Waals surface area contributed by atoms with Gasteiger partial charge in [-0.05, 0) is 36.6 Å². The molecule has 1 atom stereocenters. The first kappa shape index (κ1) is 22.7. The first-order valence-electron chi connectivity index (χ1n) is 9.65. The number of nitrogens with zero attached hydrogens (tertiary/aromatic N) is 1. The third-order valence-corrected chi connectivity index (χ3v) is 4.79. The van der Waals surface area contributed by atoms with Gasteiger partial charge in [-0.2, -0.15) is 0 Å². The van der Waals surface area contributed by atoms with Crippen LogP contribution in [0.4, 0.5) is 4.39 Å². The summed E-state index contributed by atoms with van der Waals surface area (Å²) < 4.78 is 19.2. The van der Waals surface area contributed by atoms with Gasteiger partial charge in [0, 0.05) is 18.1 Å². The summed E-state index contributed by atoms with van der Waals surface area (Å²) in [7, 11) is 0. The third-order valence-electron chi connectivity index (χ3n) is 4.42. The normalized spacial score (nSPS) is 11.6. The third kappa shape index (κ3) is 6.46. The van der Waals surface area contributed by atoms with Crippen molar-refractivity contribution < 1.29 is 18.7 Å². The van der Waals surface area contributed by atoms with Crippen LogP contribution in [0.25, 0.3) is 0 Å². The molecule has 0 aromatic heterocycles. The molecular weight excluding hydrogens is 395 g/mol. The minimum atomic E-state index is -0.686. The van der Waals surface area contributed by atoms with E-state index in [-0.39, 0.29) is 24.8 Å². The van der Waals surface area contributed by atoms with Crippen molar-refractivity contribution >= 4 is 23.4 Å². The Kier molecular flexibility index (Phi) is 8.93. The van der Waals surface area contributed by atoms with Gasteiger partial charge in [-0.3, -0.25) is 9.59 Å². The van der Waals surface area contributed by atoms with Crippen LogP contribution in [0.3, 0.4) is 0 Å². The summed E-state index contributed by atoms with van der Waals surface area (Å²) in [6.45, 7) is 4.08. The summed E-state index contributed by atoms with van der Waals surface area (Å²) in [5.74, 6) is -1.22. The van der Waals surface area contributed by atoms with Gasteiger partial charge >= 0.3 is 0 Å². The van der Waals surface area contributed by atoms with Crippen LogP contribution in [-0.2, 0) is 16.1 Å². The molecule has 2 amide bonds. The van der Waals surface area contributed by atoms with Crippen molar-refractivity contribution in [2.75, 3.05) is 13.2 Å². The van der Waals surface area contributed by atoms with Crippen LogP contribution < -0.4 is 10.1 Å². The molecule has 0 aliphatic rings. The Balaban J connectivity index is 2.22. The molecule has 2 aromatic carbocycles.